The van der Waals surface area contributed by atoms with Crippen molar-refractivity contribution in [3.63, 3.8) is 0 Å². The van der Waals surface area contributed by atoms with E-state index in [4.69, 9.17) is 45.6 Å². The van der Waals surface area contributed by atoms with E-state index in [0.29, 0.717) is 28.7 Å². The van der Waals surface area contributed by atoms with Crippen LogP contribution in [0, 0.1) is 0 Å². The molecule has 3 aromatic rings. The van der Waals surface area contributed by atoms with Gasteiger partial charge in [-0.15, -0.1) is 0 Å². The van der Waals surface area contributed by atoms with Gasteiger partial charge in [0.15, 0.2) is 10.9 Å². The van der Waals surface area contributed by atoms with Gasteiger partial charge in [-0.2, -0.15) is 0 Å². The number of nitrogens with two attached hydrogens (primary N) is 1. The number of anilines is 2. The van der Waals surface area contributed by atoms with Gasteiger partial charge < -0.3 is 20.4 Å². The Morgan fingerprint density at radius 1 is 1.11 bits per heavy atom. The lowest BCUT2D eigenvalue weighted by Crippen LogP contribution is -2.37. The summed E-state index contributed by atoms with van der Waals surface area (Å²) in [5.41, 5.74) is 8.38. The number of nitrogens with zero attached hydrogens (tertiary/aromatic N) is 1. The van der Waals surface area contributed by atoms with Crippen LogP contribution in [-0.4, -0.2) is 17.6 Å². The third-order valence-corrected chi connectivity index (χ3v) is 5.02. The zero-order valence-electron chi connectivity index (χ0n) is 14.7. The molecule has 3 N–H and O–H groups in total. The summed E-state index contributed by atoms with van der Waals surface area (Å²) in [6.07, 6.45) is 2.14. The van der Waals surface area contributed by atoms with E-state index in [1.165, 1.54) is 6.26 Å². The first-order valence-electron chi connectivity index (χ1n) is 8.40. The van der Waals surface area contributed by atoms with Gasteiger partial charge in [-0.25, -0.2) is 0 Å². The molecule has 0 atom stereocenters. The molecule has 8 heteroatoms. The van der Waals surface area contributed by atoms with E-state index in [2.05, 4.69) is 5.32 Å². The standard InChI is InChI=1S/C20H17Cl2N3O2S/c21-16-8-3-13(12-17(16)22)9-10-25(20(23)28)15-6-4-14(5-7-15)24-19(26)18-2-1-11-27-18/h1-8,11-12H,9-10H2,(H2,23,28)(H,24,26). The molecule has 0 saturated heterocycles. The summed E-state index contributed by atoms with van der Waals surface area (Å²) in [4.78, 5) is 13.9. The fraction of sp³-hybridized carbons (Fsp3) is 0.100. The minimum Gasteiger partial charge on any atom is -0.459 e. The van der Waals surface area contributed by atoms with Crippen LogP contribution in [-0.2, 0) is 6.42 Å². The first kappa shape index (κ1) is 20.2. The Kier molecular flexibility index (Phi) is 6.57. The van der Waals surface area contributed by atoms with E-state index in [-0.39, 0.29) is 16.8 Å². The summed E-state index contributed by atoms with van der Waals surface area (Å²) in [6, 6.07) is 16.0. The predicted octanol–water partition coefficient (Wildman–Crippen LogP) is 5.13. The van der Waals surface area contributed by atoms with Gasteiger partial charge in [0.2, 0.25) is 0 Å². The van der Waals surface area contributed by atoms with E-state index >= 15 is 0 Å². The van der Waals surface area contributed by atoms with E-state index in [9.17, 15) is 4.79 Å². The van der Waals surface area contributed by atoms with E-state index in [1.807, 2.05) is 29.2 Å². The lowest BCUT2D eigenvalue weighted by molar-refractivity contribution is 0.0996. The summed E-state index contributed by atoms with van der Waals surface area (Å²) < 4.78 is 5.08. The molecular formula is C20H17Cl2N3O2S. The van der Waals surface area contributed by atoms with Crippen LogP contribution >= 0.6 is 35.4 Å². The summed E-state index contributed by atoms with van der Waals surface area (Å²) >= 11 is 17.2. The topological polar surface area (TPSA) is 71.5 Å². The molecule has 1 heterocycles. The molecule has 5 nitrogen and oxygen atoms in total. The van der Waals surface area contributed by atoms with Crippen molar-refractivity contribution in [2.75, 3.05) is 16.8 Å². The highest BCUT2D eigenvalue weighted by molar-refractivity contribution is 7.80. The highest BCUT2D eigenvalue weighted by atomic mass is 35.5. The average molecular weight is 434 g/mol. The largest absolute Gasteiger partial charge is 0.459 e. The lowest BCUT2D eigenvalue weighted by atomic mass is 10.1. The van der Waals surface area contributed by atoms with Gasteiger partial charge in [0.05, 0.1) is 16.3 Å². The van der Waals surface area contributed by atoms with Crippen molar-refractivity contribution < 1.29 is 9.21 Å². The van der Waals surface area contributed by atoms with Crippen LogP contribution in [0.3, 0.4) is 0 Å². The highest BCUT2D eigenvalue weighted by Gasteiger charge is 2.12. The summed E-state index contributed by atoms with van der Waals surface area (Å²) in [5, 5.41) is 4.05. The molecule has 0 aliphatic rings. The van der Waals surface area contributed by atoms with Crippen molar-refractivity contribution in [1.82, 2.24) is 0 Å². The normalized spacial score (nSPS) is 10.5. The number of rotatable bonds is 6. The molecular weight excluding hydrogens is 417 g/mol. The second-order valence-corrected chi connectivity index (χ2v) is 7.20. The van der Waals surface area contributed by atoms with Crippen LogP contribution in [0.4, 0.5) is 11.4 Å². The maximum atomic E-state index is 12.0. The Balaban J connectivity index is 1.67. The molecule has 144 valence electrons. The zero-order chi connectivity index (χ0) is 20.1. The molecule has 0 aliphatic carbocycles. The van der Waals surface area contributed by atoms with Gasteiger partial charge >= 0.3 is 0 Å². The Morgan fingerprint density at radius 2 is 1.86 bits per heavy atom. The summed E-state index contributed by atoms with van der Waals surface area (Å²) in [6.45, 7) is 0.575. The highest BCUT2D eigenvalue weighted by Crippen LogP contribution is 2.24. The summed E-state index contributed by atoms with van der Waals surface area (Å²) in [5.74, 6) is -0.0703. The molecule has 1 aromatic heterocycles. The number of hydrogen-bond donors (Lipinski definition) is 2. The Labute approximate surface area is 178 Å². The molecule has 2 aromatic carbocycles. The first-order valence-corrected chi connectivity index (χ1v) is 9.56. The maximum absolute atomic E-state index is 12.0. The van der Waals surface area contributed by atoms with Gasteiger partial charge in [-0.1, -0.05) is 29.3 Å². The van der Waals surface area contributed by atoms with Crippen molar-refractivity contribution in [1.29, 1.82) is 0 Å². The number of thiocarbonyl (C=S) groups is 1. The fourth-order valence-corrected chi connectivity index (χ4v) is 3.15. The number of carbonyl (C=O) groups is 1. The number of furan rings is 1. The second kappa shape index (κ2) is 9.10. The second-order valence-electron chi connectivity index (χ2n) is 5.97. The maximum Gasteiger partial charge on any atom is 0.291 e. The van der Waals surface area contributed by atoms with Crippen molar-refractivity contribution in [2.24, 2.45) is 5.73 Å². The predicted molar refractivity (Wildman–Crippen MR) is 117 cm³/mol. The van der Waals surface area contributed by atoms with Gasteiger partial charge in [0.25, 0.3) is 5.91 Å². The van der Waals surface area contributed by atoms with Gasteiger partial charge in [0, 0.05) is 17.9 Å². The monoisotopic (exact) mass is 433 g/mol. The third-order valence-electron chi connectivity index (χ3n) is 4.06. The van der Waals surface area contributed by atoms with Crippen molar-refractivity contribution >= 4 is 57.8 Å². The minimum absolute atomic E-state index is 0.246. The molecule has 0 spiro atoms. The fourth-order valence-electron chi connectivity index (χ4n) is 2.63. The Bertz CT molecular complexity index is 976. The van der Waals surface area contributed by atoms with Crippen molar-refractivity contribution in [2.45, 2.75) is 6.42 Å². The number of carbonyl (C=O) groups excluding carboxylic acids is 1. The average Bonchev–Trinajstić information content (AvgIpc) is 3.21. The Hall–Kier alpha value is -2.54. The van der Waals surface area contributed by atoms with E-state index < -0.39 is 0 Å². The molecule has 0 bridgehead atoms. The minimum atomic E-state index is -0.316. The molecule has 0 aliphatic heterocycles. The number of amides is 1. The molecule has 28 heavy (non-hydrogen) atoms. The van der Waals surface area contributed by atoms with Crippen LogP contribution < -0.4 is 16.0 Å². The lowest BCUT2D eigenvalue weighted by Gasteiger charge is -2.23. The molecule has 3 rings (SSSR count). The SMILES string of the molecule is NC(=S)N(CCc1ccc(Cl)c(Cl)c1)c1ccc(NC(=O)c2ccco2)cc1. The summed E-state index contributed by atoms with van der Waals surface area (Å²) in [7, 11) is 0. The molecule has 0 radical (unpaired) electrons. The van der Waals surface area contributed by atoms with Crippen LogP contribution in [0.2, 0.25) is 10.0 Å². The number of hydrogen-bond acceptors (Lipinski definition) is 3. The zero-order valence-corrected chi connectivity index (χ0v) is 17.0. The number of nitrogens with one attached hydrogen (secondary N) is 1. The Morgan fingerprint density at radius 3 is 2.46 bits per heavy atom. The van der Waals surface area contributed by atoms with Crippen LogP contribution in [0.1, 0.15) is 16.1 Å². The first-order chi connectivity index (χ1) is 13.4. The molecule has 0 saturated carbocycles. The third kappa shape index (κ3) is 5.04. The van der Waals surface area contributed by atoms with Crippen LogP contribution in [0.15, 0.2) is 65.3 Å². The smallest absolute Gasteiger partial charge is 0.291 e. The van der Waals surface area contributed by atoms with Crippen LogP contribution in [0.25, 0.3) is 0 Å². The van der Waals surface area contributed by atoms with Crippen molar-refractivity contribution in [3.8, 4) is 0 Å². The van der Waals surface area contributed by atoms with Gasteiger partial charge in [-0.05, 0) is 72.7 Å². The van der Waals surface area contributed by atoms with Crippen molar-refractivity contribution in [3.05, 3.63) is 82.2 Å². The van der Waals surface area contributed by atoms with Gasteiger partial charge in [-0.3, -0.25) is 4.79 Å². The molecule has 0 unspecified atom stereocenters. The molecule has 0 fully saturated rings. The van der Waals surface area contributed by atoms with Gasteiger partial charge in [0.1, 0.15) is 0 Å². The quantitative estimate of drug-likeness (QED) is 0.527. The van der Waals surface area contributed by atoms with E-state index in [1.54, 1.807) is 30.3 Å². The molecule has 1 amide bonds. The van der Waals surface area contributed by atoms with E-state index in [0.717, 1.165) is 11.3 Å². The number of halogens is 2. The number of benzene rings is 2. The van der Waals surface area contributed by atoms with Crippen LogP contribution in [0.5, 0.6) is 0 Å².